The van der Waals surface area contributed by atoms with Gasteiger partial charge >= 0.3 is 6.03 Å². The number of likely N-dealkylation sites (N-methyl/N-ethyl adjacent to an activating group) is 1. The molecule has 0 spiro atoms. The second-order valence-corrected chi connectivity index (χ2v) is 8.50. The largest absolute Gasteiger partial charge is 0.399 e. The van der Waals surface area contributed by atoms with Crippen molar-refractivity contribution in [3.05, 3.63) is 89.0 Å². The fourth-order valence-electron chi connectivity index (χ4n) is 3.99. The summed E-state index contributed by atoms with van der Waals surface area (Å²) in [6, 6.07) is 19.7. The zero-order chi connectivity index (χ0) is 23.4. The first-order valence-electron chi connectivity index (χ1n) is 11.0. The third kappa shape index (κ3) is 5.70. The summed E-state index contributed by atoms with van der Waals surface area (Å²) in [6.45, 7) is 3.81. The Balaban J connectivity index is 1.40. The van der Waals surface area contributed by atoms with Crippen LogP contribution in [0, 0.1) is 0 Å². The van der Waals surface area contributed by atoms with Gasteiger partial charge in [-0.3, -0.25) is 4.79 Å². The van der Waals surface area contributed by atoms with Crippen molar-refractivity contribution in [3.8, 4) is 0 Å². The van der Waals surface area contributed by atoms with Crippen LogP contribution in [0.4, 0.5) is 21.9 Å². The maximum Gasteiger partial charge on any atom is 0.319 e. The zero-order valence-electron chi connectivity index (χ0n) is 18.9. The molecule has 1 heterocycles. The number of nitrogen functional groups attached to an aromatic ring is 1. The van der Waals surface area contributed by atoms with Gasteiger partial charge in [0.15, 0.2) is 0 Å². The lowest BCUT2D eigenvalue weighted by Gasteiger charge is -2.25. The highest BCUT2D eigenvalue weighted by atomic mass is 16.2. The van der Waals surface area contributed by atoms with Crippen molar-refractivity contribution in [2.45, 2.75) is 25.9 Å². The number of benzene rings is 3. The van der Waals surface area contributed by atoms with Crippen LogP contribution >= 0.6 is 0 Å². The third-order valence-electron chi connectivity index (χ3n) is 5.81. The van der Waals surface area contributed by atoms with Gasteiger partial charge in [0.2, 0.25) is 0 Å². The van der Waals surface area contributed by atoms with Crippen molar-refractivity contribution in [1.29, 1.82) is 0 Å². The van der Waals surface area contributed by atoms with Crippen molar-refractivity contribution >= 4 is 29.0 Å². The minimum Gasteiger partial charge on any atom is -0.399 e. The van der Waals surface area contributed by atoms with Crippen LogP contribution in [0.25, 0.3) is 0 Å². The Morgan fingerprint density at radius 2 is 1.73 bits per heavy atom. The maximum atomic E-state index is 12.9. The normalized spacial score (nSPS) is 14.1. The summed E-state index contributed by atoms with van der Waals surface area (Å²) < 4.78 is 0. The smallest absolute Gasteiger partial charge is 0.319 e. The van der Waals surface area contributed by atoms with E-state index in [1.807, 2.05) is 25.1 Å². The molecular weight excluding hydrogens is 414 g/mol. The number of anilines is 3. The Labute approximate surface area is 194 Å². The lowest BCUT2D eigenvalue weighted by atomic mass is 9.99. The van der Waals surface area contributed by atoms with Gasteiger partial charge in [-0.2, -0.15) is 0 Å². The Morgan fingerprint density at radius 1 is 0.939 bits per heavy atom. The van der Waals surface area contributed by atoms with Crippen molar-refractivity contribution in [2.24, 2.45) is 0 Å². The van der Waals surface area contributed by atoms with E-state index in [4.69, 9.17) is 5.73 Å². The van der Waals surface area contributed by atoms with Crippen LogP contribution in [0.1, 0.15) is 40.0 Å². The molecule has 3 aromatic rings. The molecule has 0 aromatic heterocycles. The van der Waals surface area contributed by atoms with Gasteiger partial charge in [0, 0.05) is 35.7 Å². The van der Waals surface area contributed by atoms with E-state index in [2.05, 4.69) is 40.0 Å². The monoisotopic (exact) mass is 443 g/mol. The van der Waals surface area contributed by atoms with Crippen LogP contribution in [0.3, 0.4) is 0 Å². The fraction of sp³-hybridized carbons (Fsp3) is 0.231. The van der Waals surface area contributed by atoms with E-state index in [1.54, 1.807) is 36.4 Å². The molecule has 0 radical (unpaired) electrons. The standard InChI is InChI=1S/C26H29N5O2/c1-17(28-26(33)30-23-8-4-7-22(27)15-23)19-5-3-6-20(13-19)25(32)29-24-10-9-18-11-12-31(2)16-21(18)14-24/h3-10,13-15,17H,11-12,16,27H2,1-2H3,(H,29,32)(H2,28,30,33)/t17-/m1/s1. The van der Waals surface area contributed by atoms with Crippen LogP contribution in [-0.4, -0.2) is 30.4 Å². The van der Waals surface area contributed by atoms with Gasteiger partial charge in [0.25, 0.3) is 5.91 Å². The highest BCUT2D eigenvalue weighted by molar-refractivity contribution is 6.04. The molecular formula is C26H29N5O2. The molecule has 1 aliphatic heterocycles. The molecule has 0 unspecified atom stereocenters. The molecule has 3 aromatic carbocycles. The summed E-state index contributed by atoms with van der Waals surface area (Å²) in [5.74, 6) is -0.183. The van der Waals surface area contributed by atoms with E-state index in [9.17, 15) is 9.59 Å². The van der Waals surface area contributed by atoms with E-state index in [-0.39, 0.29) is 18.0 Å². The molecule has 0 saturated carbocycles. The van der Waals surface area contributed by atoms with Crippen LogP contribution < -0.4 is 21.7 Å². The Morgan fingerprint density at radius 3 is 2.55 bits per heavy atom. The number of hydrogen-bond donors (Lipinski definition) is 4. The van der Waals surface area contributed by atoms with Crippen molar-refractivity contribution in [3.63, 3.8) is 0 Å². The summed E-state index contributed by atoms with van der Waals surface area (Å²) in [4.78, 5) is 27.5. The predicted octanol–water partition coefficient (Wildman–Crippen LogP) is 4.39. The van der Waals surface area contributed by atoms with Gasteiger partial charge < -0.3 is 26.6 Å². The summed E-state index contributed by atoms with van der Waals surface area (Å²) >= 11 is 0. The molecule has 0 saturated heterocycles. The molecule has 7 heteroatoms. The van der Waals surface area contributed by atoms with Gasteiger partial charge in [-0.25, -0.2) is 4.79 Å². The molecule has 3 amide bonds. The first-order chi connectivity index (χ1) is 15.9. The SMILES string of the molecule is C[C@@H](NC(=O)Nc1cccc(N)c1)c1cccc(C(=O)Nc2ccc3c(c2)CN(C)CC3)c1. The number of carbonyl (C=O) groups is 2. The van der Waals surface area contributed by atoms with Crippen LogP contribution in [0.15, 0.2) is 66.7 Å². The maximum absolute atomic E-state index is 12.9. The number of hydrogen-bond acceptors (Lipinski definition) is 4. The number of amides is 3. The molecule has 0 aliphatic carbocycles. The van der Waals surface area contributed by atoms with Crippen molar-refractivity contribution in [2.75, 3.05) is 30.0 Å². The van der Waals surface area contributed by atoms with E-state index in [0.29, 0.717) is 16.9 Å². The van der Waals surface area contributed by atoms with Crippen LogP contribution in [0.5, 0.6) is 0 Å². The highest BCUT2D eigenvalue weighted by Crippen LogP contribution is 2.23. The molecule has 1 atom stereocenters. The highest BCUT2D eigenvalue weighted by Gasteiger charge is 2.16. The van der Waals surface area contributed by atoms with Gasteiger partial charge in [0.1, 0.15) is 0 Å². The Hall–Kier alpha value is -3.84. The Kier molecular flexibility index (Phi) is 6.60. The quantitative estimate of drug-likeness (QED) is 0.440. The number of nitrogens with one attached hydrogen (secondary N) is 3. The van der Waals surface area contributed by atoms with Gasteiger partial charge in [-0.15, -0.1) is 0 Å². The first-order valence-corrected chi connectivity index (χ1v) is 11.0. The number of rotatable bonds is 5. The first kappa shape index (κ1) is 22.4. The third-order valence-corrected chi connectivity index (χ3v) is 5.81. The molecule has 1 aliphatic rings. The topological polar surface area (TPSA) is 99.5 Å². The van der Waals surface area contributed by atoms with Gasteiger partial charge in [-0.1, -0.05) is 24.3 Å². The van der Waals surface area contributed by atoms with Crippen molar-refractivity contribution in [1.82, 2.24) is 10.2 Å². The second-order valence-electron chi connectivity index (χ2n) is 8.50. The van der Waals surface area contributed by atoms with Gasteiger partial charge in [-0.05, 0) is 79.5 Å². The minimum absolute atomic E-state index is 0.183. The zero-order valence-corrected chi connectivity index (χ0v) is 18.9. The molecule has 0 fully saturated rings. The molecule has 170 valence electrons. The molecule has 7 nitrogen and oxygen atoms in total. The fourth-order valence-corrected chi connectivity index (χ4v) is 3.99. The summed E-state index contributed by atoms with van der Waals surface area (Å²) in [5.41, 5.74) is 11.7. The lowest BCUT2D eigenvalue weighted by Crippen LogP contribution is -2.31. The van der Waals surface area contributed by atoms with E-state index >= 15 is 0 Å². The van der Waals surface area contributed by atoms with E-state index in [1.165, 1.54) is 11.1 Å². The van der Waals surface area contributed by atoms with E-state index in [0.717, 1.165) is 30.8 Å². The van der Waals surface area contributed by atoms with Crippen molar-refractivity contribution < 1.29 is 9.59 Å². The number of nitrogens with two attached hydrogens (primary N) is 1. The number of urea groups is 1. The summed E-state index contributed by atoms with van der Waals surface area (Å²) in [6.07, 6.45) is 1.03. The molecule has 5 N–H and O–H groups in total. The van der Waals surface area contributed by atoms with Gasteiger partial charge in [0.05, 0.1) is 6.04 Å². The summed E-state index contributed by atoms with van der Waals surface area (Å²) in [7, 11) is 2.10. The molecule has 4 rings (SSSR count). The van der Waals surface area contributed by atoms with Crippen LogP contribution in [0.2, 0.25) is 0 Å². The Bertz CT molecular complexity index is 1180. The summed E-state index contributed by atoms with van der Waals surface area (Å²) in [5, 5.41) is 8.66. The average Bonchev–Trinajstić information content (AvgIpc) is 2.78. The van der Waals surface area contributed by atoms with Crippen LogP contribution in [-0.2, 0) is 13.0 Å². The average molecular weight is 444 g/mol. The molecule has 0 bridgehead atoms. The lowest BCUT2D eigenvalue weighted by molar-refractivity contribution is 0.102. The number of nitrogens with zero attached hydrogens (tertiary/aromatic N) is 1. The molecule has 33 heavy (non-hydrogen) atoms. The minimum atomic E-state index is -0.345. The predicted molar refractivity (Wildman–Crippen MR) is 132 cm³/mol. The number of carbonyl (C=O) groups excluding carboxylic acids is 2. The van der Waals surface area contributed by atoms with E-state index < -0.39 is 0 Å². The number of fused-ring (bicyclic) bond motifs is 1. The second kappa shape index (κ2) is 9.75.